The van der Waals surface area contributed by atoms with Gasteiger partial charge in [-0.3, -0.25) is 0 Å². The summed E-state index contributed by atoms with van der Waals surface area (Å²) in [5.41, 5.74) is 6.19. The lowest BCUT2D eigenvalue weighted by atomic mass is 10.2. The summed E-state index contributed by atoms with van der Waals surface area (Å²) in [6.07, 6.45) is 0.116. The average Bonchev–Trinajstić information content (AvgIpc) is 2.27. The molecule has 0 aromatic heterocycles. The highest BCUT2D eigenvalue weighted by molar-refractivity contribution is 6.33. The maximum absolute atomic E-state index is 11.6. The third kappa shape index (κ3) is 4.24. The average molecular weight is 258 g/mol. The summed E-state index contributed by atoms with van der Waals surface area (Å²) < 4.78 is 10.3. The molecule has 1 aromatic rings. The second kappa shape index (κ2) is 6.47. The summed E-state index contributed by atoms with van der Waals surface area (Å²) in [7, 11) is 0. The van der Waals surface area contributed by atoms with E-state index in [4.69, 9.17) is 26.8 Å². The lowest BCUT2D eigenvalue weighted by Crippen LogP contribution is -2.14. The maximum atomic E-state index is 11.6. The minimum atomic E-state index is -0.489. The van der Waals surface area contributed by atoms with Crippen molar-refractivity contribution in [1.82, 2.24) is 0 Å². The van der Waals surface area contributed by atoms with Crippen LogP contribution in [-0.4, -0.2) is 25.3 Å². The van der Waals surface area contributed by atoms with Crippen LogP contribution in [0.5, 0.6) is 0 Å². The fourth-order valence-electron chi connectivity index (χ4n) is 1.21. The van der Waals surface area contributed by atoms with Crippen molar-refractivity contribution in [3.05, 3.63) is 28.8 Å². The van der Waals surface area contributed by atoms with E-state index in [1.807, 2.05) is 13.8 Å². The van der Waals surface area contributed by atoms with Crippen molar-refractivity contribution >= 4 is 23.3 Å². The minimum Gasteiger partial charge on any atom is -0.460 e. The molecule has 0 unspecified atom stereocenters. The molecule has 0 fully saturated rings. The number of hydrogen-bond acceptors (Lipinski definition) is 4. The SMILES string of the molecule is CC(C)OCCOC(=O)c1cccc(Cl)c1N. The first-order valence-electron chi connectivity index (χ1n) is 5.35. The lowest BCUT2D eigenvalue weighted by Gasteiger charge is -2.09. The molecule has 0 aliphatic heterocycles. The van der Waals surface area contributed by atoms with E-state index in [9.17, 15) is 4.79 Å². The number of rotatable bonds is 5. The van der Waals surface area contributed by atoms with Gasteiger partial charge in [0.25, 0.3) is 0 Å². The van der Waals surface area contributed by atoms with E-state index in [2.05, 4.69) is 0 Å². The molecular formula is C12H16ClNO3. The molecule has 0 bridgehead atoms. The number of halogens is 1. The molecule has 0 radical (unpaired) electrons. The van der Waals surface area contributed by atoms with Gasteiger partial charge in [0.1, 0.15) is 6.61 Å². The molecule has 0 heterocycles. The topological polar surface area (TPSA) is 61.5 Å². The van der Waals surface area contributed by atoms with Crippen molar-refractivity contribution in [3.8, 4) is 0 Å². The van der Waals surface area contributed by atoms with Gasteiger partial charge in [0.15, 0.2) is 0 Å². The molecule has 0 spiro atoms. The van der Waals surface area contributed by atoms with Crippen LogP contribution in [0.15, 0.2) is 18.2 Å². The monoisotopic (exact) mass is 257 g/mol. The molecule has 0 atom stereocenters. The van der Waals surface area contributed by atoms with E-state index in [0.717, 1.165) is 0 Å². The number of para-hydroxylation sites is 1. The van der Waals surface area contributed by atoms with Crippen molar-refractivity contribution in [2.75, 3.05) is 18.9 Å². The molecule has 2 N–H and O–H groups in total. The van der Waals surface area contributed by atoms with Gasteiger partial charge < -0.3 is 15.2 Å². The number of ether oxygens (including phenoxy) is 2. The molecule has 0 aliphatic rings. The first-order valence-corrected chi connectivity index (χ1v) is 5.73. The van der Waals surface area contributed by atoms with Crippen molar-refractivity contribution in [3.63, 3.8) is 0 Å². The van der Waals surface area contributed by atoms with Gasteiger partial charge in [0, 0.05) is 0 Å². The van der Waals surface area contributed by atoms with Crippen molar-refractivity contribution in [1.29, 1.82) is 0 Å². The number of esters is 1. The Kier molecular flexibility index (Phi) is 5.25. The fourth-order valence-corrected chi connectivity index (χ4v) is 1.39. The Hall–Kier alpha value is -1.26. The summed E-state index contributed by atoms with van der Waals surface area (Å²) in [4.78, 5) is 11.6. The second-order valence-corrected chi connectivity index (χ2v) is 4.16. The summed E-state index contributed by atoms with van der Waals surface area (Å²) >= 11 is 5.80. The predicted octanol–water partition coefficient (Wildman–Crippen LogP) is 2.50. The first-order chi connectivity index (χ1) is 8.02. The third-order valence-corrected chi connectivity index (χ3v) is 2.37. The summed E-state index contributed by atoms with van der Waals surface area (Å²) in [5, 5.41) is 0.345. The van der Waals surface area contributed by atoms with E-state index in [-0.39, 0.29) is 24.0 Å². The summed E-state index contributed by atoms with van der Waals surface area (Å²) in [6, 6.07) is 4.85. The number of nitrogens with two attached hydrogens (primary N) is 1. The Labute approximate surface area is 106 Å². The van der Waals surface area contributed by atoms with Crippen LogP contribution in [0.2, 0.25) is 5.02 Å². The Bertz CT molecular complexity index is 393. The quantitative estimate of drug-likeness (QED) is 0.500. The van der Waals surface area contributed by atoms with Crippen LogP contribution >= 0.6 is 11.6 Å². The predicted molar refractivity (Wildman–Crippen MR) is 67.2 cm³/mol. The van der Waals surface area contributed by atoms with Gasteiger partial charge in [-0.15, -0.1) is 0 Å². The Morgan fingerprint density at radius 1 is 1.41 bits per heavy atom. The number of benzene rings is 1. The molecule has 94 valence electrons. The van der Waals surface area contributed by atoms with Crippen molar-refractivity contribution in [2.24, 2.45) is 0 Å². The van der Waals surface area contributed by atoms with Gasteiger partial charge in [-0.1, -0.05) is 17.7 Å². The number of carbonyl (C=O) groups excluding carboxylic acids is 1. The van der Waals surface area contributed by atoms with Crippen LogP contribution in [0.25, 0.3) is 0 Å². The molecule has 17 heavy (non-hydrogen) atoms. The maximum Gasteiger partial charge on any atom is 0.340 e. The van der Waals surface area contributed by atoms with Gasteiger partial charge in [-0.25, -0.2) is 4.79 Å². The Morgan fingerprint density at radius 3 is 2.76 bits per heavy atom. The largest absolute Gasteiger partial charge is 0.460 e. The van der Waals surface area contributed by atoms with E-state index in [0.29, 0.717) is 11.6 Å². The fraction of sp³-hybridized carbons (Fsp3) is 0.417. The standard InChI is InChI=1S/C12H16ClNO3/c1-8(2)16-6-7-17-12(15)9-4-3-5-10(13)11(9)14/h3-5,8H,6-7,14H2,1-2H3. The summed E-state index contributed by atoms with van der Waals surface area (Å²) in [6.45, 7) is 4.39. The highest BCUT2D eigenvalue weighted by Crippen LogP contribution is 2.22. The van der Waals surface area contributed by atoms with Gasteiger partial charge in [-0.05, 0) is 26.0 Å². The van der Waals surface area contributed by atoms with Crippen LogP contribution in [0.1, 0.15) is 24.2 Å². The van der Waals surface area contributed by atoms with Crippen molar-refractivity contribution < 1.29 is 14.3 Å². The van der Waals surface area contributed by atoms with Crippen LogP contribution in [0.3, 0.4) is 0 Å². The zero-order chi connectivity index (χ0) is 12.8. The van der Waals surface area contributed by atoms with Crippen LogP contribution in [0.4, 0.5) is 5.69 Å². The molecule has 0 amide bonds. The number of carbonyl (C=O) groups is 1. The first kappa shape index (κ1) is 13.8. The Morgan fingerprint density at radius 2 is 2.12 bits per heavy atom. The molecule has 1 rings (SSSR count). The zero-order valence-electron chi connectivity index (χ0n) is 9.90. The molecule has 0 aliphatic carbocycles. The number of anilines is 1. The minimum absolute atomic E-state index is 0.116. The van der Waals surface area contributed by atoms with Gasteiger partial charge >= 0.3 is 5.97 Å². The van der Waals surface area contributed by atoms with Gasteiger partial charge in [0.2, 0.25) is 0 Å². The Balaban J connectivity index is 2.50. The normalized spacial score (nSPS) is 10.6. The number of nitrogen functional groups attached to an aromatic ring is 1. The van der Waals surface area contributed by atoms with E-state index in [1.54, 1.807) is 18.2 Å². The zero-order valence-corrected chi connectivity index (χ0v) is 10.7. The smallest absolute Gasteiger partial charge is 0.340 e. The highest BCUT2D eigenvalue weighted by Gasteiger charge is 2.12. The van der Waals surface area contributed by atoms with E-state index >= 15 is 0 Å². The molecule has 1 aromatic carbocycles. The van der Waals surface area contributed by atoms with E-state index in [1.165, 1.54) is 0 Å². The summed E-state index contributed by atoms with van der Waals surface area (Å²) in [5.74, 6) is -0.489. The van der Waals surface area contributed by atoms with Crippen molar-refractivity contribution in [2.45, 2.75) is 20.0 Å². The van der Waals surface area contributed by atoms with Gasteiger partial charge in [0.05, 0.1) is 29.0 Å². The van der Waals surface area contributed by atoms with Crippen LogP contribution in [0, 0.1) is 0 Å². The van der Waals surface area contributed by atoms with Crippen LogP contribution < -0.4 is 5.73 Å². The highest BCUT2D eigenvalue weighted by atomic mass is 35.5. The molecule has 0 saturated heterocycles. The van der Waals surface area contributed by atoms with Crippen LogP contribution in [-0.2, 0) is 9.47 Å². The molecule has 0 saturated carbocycles. The molecule has 4 nitrogen and oxygen atoms in total. The molecular weight excluding hydrogens is 242 g/mol. The second-order valence-electron chi connectivity index (χ2n) is 3.76. The third-order valence-electron chi connectivity index (χ3n) is 2.04. The number of hydrogen-bond donors (Lipinski definition) is 1. The van der Waals surface area contributed by atoms with Gasteiger partial charge in [-0.2, -0.15) is 0 Å². The van der Waals surface area contributed by atoms with E-state index < -0.39 is 5.97 Å². The lowest BCUT2D eigenvalue weighted by molar-refractivity contribution is 0.0177. The molecule has 5 heteroatoms.